The van der Waals surface area contributed by atoms with Crippen LogP contribution in [0, 0.1) is 0 Å². The van der Waals surface area contributed by atoms with Gasteiger partial charge in [-0.2, -0.15) is 0 Å². The Morgan fingerprint density at radius 3 is 2.14 bits per heavy atom. The molecule has 1 N–H and O–H groups in total. The normalized spacial score (nSPS) is 22.2. The van der Waals surface area contributed by atoms with Crippen molar-refractivity contribution < 1.29 is 0 Å². The average molecular weight is 286 g/mol. The van der Waals surface area contributed by atoms with Crippen molar-refractivity contribution in [2.75, 3.05) is 20.1 Å². The Hall–Kier alpha value is -0.860. The van der Waals surface area contributed by atoms with Crippen molar-refractivity contribution in [3.05, 3.63) is 35.4 Å². The Bertz CT molecular complexity index is 453. The molecule has 0 spiro atoms. The topological polar surface area (TPSA) is 15.3 Å². The van der Waals surface area contributed by atoms with E-state index in [1.807, 2.05) is 0 Å². The van der Waals surface area contributed by atoms with Crippen LogP contribution >= 0.6 is 0 Å². The second-order valence-electron chi connectivity index (χ2n) is 7.36. The van der Waals surface area contributed by atoms with Gasteiger partial charge in [0.15, 0.2) is 0 Å². The van der Waals surface area contributed by atoms with Gasteiger partial charge < -0.3 is 5.32 Å². The van der Waals surface area contributed by atoms with Crippen molar-refractivity contribution in [3.8, 4) is 0 Å². The molecule has 1 atom stereocenters. The summed E-state index contributed by atoms with van der Waals surface area (Å²) in [6.45, 7) is 7.26. The highest BCUT2D eigenvalue weighted by molar-refractivity contribution is 5.30. The minimum Gasteiger partial charge on any atom is -0.311 e. The van der Waals surface area contributed by atoms with Crippen molar-refractivity contribution in [1.82, 2.24) is 10.2 Å². The number of likely N-dealkylation sites (N-methyl/N-ethyl adjacent to an activating group) is 1. The van der Waals surface area contributed by atoms with Gasteiger partial charge in [-0.05, 0) is 76.7 Å². The highest BCUT2D eigenvalue weighted by Crippen LogP contribution is 2.38. The molecule has 116 valence electrons. The molecule has 21 heavy (non-hydrogen) atoms. The molecule has 2 fully saturated rings. The molecule has 2 heteroatoms. The monoisotopic (exact) mass is 286 g/mol. The van der Waals surface area contributed by atoms with E-state index in [0.717, 1.165) is 5.92 Å². The van der Waals surface area contributed by atoms with E-state index in [-0.39, 0.29) is 5.54 Å². The second kappa shape index (κ2) is 6.10. The number of hydrogen-bond donors (Lipinski definition) is 1. The first kappa shape index (κ1) is 15.1. The van der Waals surface area contributed by atoms with Crippen molar-refractivity contribution in [2.24, 2.45) is 0 Å². The van der Waals surface area contributed by atoms with E-state index in [9.17, 15) is 0 Å². The third-order valence-electron chi connectivity index (χ3n) is 5.76. The van der Waals surface area contributed by atoms with Crippen LogP contribution in [0.5, 0.6) is 0 Å². The predicted molar refractivity (Wildman–Crippen MR) is 89.7 cm³/mol. The van der Waals surface area contributed by atoms with Crippen LogP contribution in [0.1, 0.15) is 69.0 Å². The fourth-order valence-corrected chi connectivity index (χ4v) is 4.11. The van der Waals surface area contributed by atoms with E-state index in [0.29, 0.717) is 6.04 Å². The zero-order valence-corrected chi connectivity index (χ0v) is 13.9. The lowest BCUT2D eigenvalue weighted by atomic mass is 9.79. The quantitative estimate of drug-likeness (QED) is 0.877. The van der Waals surface area contributed by atoms with Crippen LogP contribution < -0.4 is 5.32 Å². The molecule has 0 radical (unpaired) electrons. The van der Waals surface area contributed by atoms with Crippen LogP contribution in [-0.2, 0) is 0 Å². The molecular weight excluding hydrogens is 256 g/mol. The van der Waals surface area contributed by atoms with Crippen molar-refractivity contribution in [2.45, 2.75) is 63.5 Å². The highest BCUT2D eigenvalue weighted by atomic mass is 15.2. The third-order valence-corrected chi connectivity index (χ3v) is 5.76. The molecule has 1 aliphatic carbocycles. The largest absolute Gasteiger partial charge is 0.311 e. The summed E-state index contributed by atoms with van der Waals surface area (Å²) in [7, 11) is 2.10. The van der Waals surface area contributed by atoms with Gasteiger partial charge in [0, 0.05) is 11.6 Å². The summed E-state index contributed by atoms with van der Waals surface area (Å²) in [5.74, 6) is 0.832. The van der Waals surface area contributed by atoms with E-state index >= 15 is 0 Å². The molecule has 1 saturated heterocycles. The summed E-state index contributed by atoms with van der Waals surface area (Å²) >= 11 is 0. The van der Waals surface area contributed by atoms with Gasteiger partial charge in [-0.15, -0.1) is 0 Å². The lowest BCUT2D eigenvalue weighted by Gasteiger charge is -2.42. The maximum Gasteiger partial charge on any atom is 0.0499 e. The molecule has 0 amide bonds. The standard InChI is InChI=1S/C19H30N2/c1-19(2,21-13-4-5-14-21)18(20-3)17-11-9-16(10-12-17)15-7-6-8-15/h9-12,15,18,20H,4-8,13-14H2,1-3H3. The fraction of sp³-hybridized carbons (Fsp3) is 0.684. The van der Waals surface area contributed by atoms with Gasteiger partial charge in [-0.3, -0.25) is 4.90 Å². The van der Waals surface area contributed by atoms with Crippen molar-refractivity contribution in [3.63, 3.8) is 0 Å². The second-order valence-corrected chi connectivity index (χ2v) is 7.36. The summed E-state index contributed by atoms with van der Waals surface area (Å²) in [5.41, 5.74) is 3.14. The van der Waals surface area contributed by atoms with Crippen molar-refractivity contribution in [1.29, 1.82) is 0 Å². The van der Waals surface area contributed by atoms with Crippen LogP contribution in [0.25, 0.3) is 0 Å². The maximum absolute atomic E-state index is 3.57. The Morgan fingerprint density at radius 1 is 1.05 bits per heavy atom. The number of likely N-dealkylation sites (tertiary alicyclic amines) is 1. The molecule has 2 aliphatic rings. The van der Waals surface area contributed by atoms with Crippen LogP contribution in [0.3, 0.4) is 0 Å². The van der Waals surface area contributed by atoms with Gasteiger partial charge in [0.2, 0.25) is 0 Å². The Balaban J connectivity index is 1.78. The van der Waals surface area contributed by atoms with Crippen LogP contribution in [-0.4, -0.2) is 30.6 Å². The summed E-state index contributed by atoms with van der Waals surface area (Å²) in [6, 6.07) is 9.83. The van der Waals surface area contributed by atoms with E-state index in [1.54, 1.807) is 5.56 Å². The maximum atomic E-state index is 3.57. The first-order valence-electron chi connectivity index (χ1n) is 8.65. The molecule has 1 heterocycles. The molecule has 1 aromatic rings. The van der Waals surface area contributed by atoms with Crippen molar-refractivity contribution >= 4 is 0 Å². The van der Waals surface area contributed by atoms with E-state index in [2.05, 4.69) is 55.4 Å². The number of nitrogens with one attached hydrogen (secondary N) is 1. The number of rotatable bonds is 5. The first-order chi connectivity index (χ1) is 10.1. The summed E-state index contributed by atoms with van der Waals surface area (Å²) in [5, 5.41) is 3.57. The average Bonchev–Trinajstić information content (AvgIpc) is 2.94. The molecule has 1 saturated carbocycles. The fourth-order valence-electron chi connectivity index (χ4n) is 4.11. The molecular formula is C19H30N2. The molecule has 3 rings (SSSR count). The third kappa shape index (κ3) is 2.89. The smallest absolute Gasteiger partial charge is 0.0499 e. The minimum absolute atomic E-state index is 0.170. The van der Waals surface area contributed by atoms with Gasteiger partial charge in [0.05, 0.1) is 0 Å². The zero-order valence-electron chi connectivity index (χ0n) is 13.9. The zero-order chi connectivity index (χ0) is 14.9. The summed E-state index contributed by atoms with van der Waals surface area (Å²) in [6.07, 6.45) is 6.87. The molecule has 0 bridgehead atoms. The summed E-state index contributed by atoms with van der Waals surface area (Å²) < 4.78 is 0. The Labute approximate surface area is 129 Å². The van der Waals surface area contributed by atoms with Gasteiger partial charge >= 0.3 is 0 Å². The number of nitrogens with zero attached hydrogens (tertiary/aromatic N) is 1. The highest BCUT2D eigenvalue weighted by Gasteiger charge is 2.36. The van der Waals surface area contributed by atoms with Crippen LogP contribution in [0.2, 0.25) is 0 Å². The molecule has 0 aromatic heterocycles. The first-order valence-corrected chi connectivity index (χ1v) is 8.65. The Kier molecular flexibility index (Phi) is 4.37. The lowest BCUT2D eigenvalue weighted by Crippen LogP contribution is -2.50. The SMILES string of the molecule is CNC(c1ccc(C2CCC2)cc1)C(C)(C)N1CCCC1. The van der Waals surface area contributed by atoms with Gasteiger partial charge in [-0.25, -0.2) is 0 Å². The summed E-state index contributed by atoms with van der Waals surface area (Å²) in [4.78, 5) is 2.65. The van der Waals surface area contributed by atoms with E-state index < -0.39 is 0 Å². The lowest BCUT2D eigenvalue weighted by molar-refractivity contribution is 0.110. The predicted octanol–water partition coefficient (Wildman–Crippen LogP) is 4.09. The molecule has 2 nitrogen and oxygen atoms in total. The van der Waals surface area contributed by atoms with Crippen LogP contribution in [0.4, 0.5) is 0 Å². The van der Waals surface area contributed by atoms with E-state index in [1.165, 1.54) is 50.8 Å². The van der Waals surface area contributed by atoms with Gasteiger partial charge in [-0.1, -0.05) is 30.7 Å². The number of benzene rings is 1. The molecule has 1 aromatic carbocycles. The van der Waals surface area contributed by atoms with Crippen LogP contribution in [0.15, 0.2) is 24.3 Å². The van der Waals surface area contributed by atoms with E-state index in [4.69, 9.17) is 0 Å². The molecule has 1 unspecified atom stereocenters. The minimum atomic E-state index is 0.170. The molecule has 1 aliphatic heterocycles. The van der Waals surface area contributed by atoms with Gasteiger partial charge in [0.25, 0.3) is 0 Å². The Morgan fingerprint density at radius 2 is 1.67 bits per heavy atom. The number of hydrogen-bond acceptors (Lipinski definition) is 2. The van der Waals surface area contributed by atoms with Gasteiger partial charge in [0.1, 0.15) is 0 Å².